The van der Waals surface area contributed by atoms with Gasteiger partial charge in [-0.3, -0.25) is 4.90 Å². The molecule has 2 unspecified atom stereocenters. The normalized spacial score (nSPS) is 24.4. The molecule has 2 N–H and O–H groups in total. The Balaban J connectivity index is 2.18. The fourth-order valence-corrected chi connectivity index (χ4v) is 2.54. The summed E-state index contributed by atoms with van der Waals surface area (Å²) in [6.45, 7) is 5.08. The van der Waals surface area contributed by atoms with Gasteiger partial charge in [0.1, 0.15) is 5.75 Å². The van der Waals surface area contributed by atoms with Crippen LogP contribution >= 0.6 is 0 Å². The van der Waals surface area contributed by atoms with Crippen molar-refractivity contribution in [1.29, 1.82) is 0 Å². The summed E-state index contributed by atoms with van der Waals surface area (Å²) in [5, 5.41) is 0. The van der Waals surface area contributed by atoms with E-state index in [1.165, 1.54) is 5.56 Å². The van der Waals surface area contributed by atoms with Crippen LogP contribution in [-0.2, 0) is 4.74 Å². The maximum atomic E-state index is 5.83. The van der Waals surface area contributed by atoms with Crippen LogP contribution in [-0.4, -0.2) is 44.4 Å². The molecule has 0 saturated carbocycles. The zero-order valence-corrected chi connectivity index (χ0v) is 11.8. The third-order valence-corrected chi connectivity index (χ3v) is 3.51. The predicted molar refractivity (Wildman–Crippen MR) is 76.4 cm³/mol. The summed E-state index contributed by atoms with van der Waals surface area (Å²) in [5.41, 5.74) is 7.04. The maximum absolute atomic E-state index is 5.83. The minimum atomic E-state index is 0.0557. The summed E-state index contributed by atoms with van der Waals surface area (Å²) in [6, 6.07) is 8.48. The highest BCUT2D eigenvalue weighted by Crippen LogP contribution is 2.30. The summed E-state index contributed by atoms with van der Waals surface area (Å²) < 4.78 is 11.5. The van der Waals surface area contributed by atoms with E-state index >= 15 is 0 Å². The van der Waals surface area contributed by atoms with Crippen molar-refractivity contribution in [2.24, 2.45) is 5.73 Å². The third kappa shape index (κ3) is 3.47. The van der Waals surface area contributed by atoms with Crippen LogP contribution in [0.2, 0.25) is 0 Å². The molecule has 0 amide bonds. The first-order valence-electron chi connectivity index (χ1n) is 7.01. The molecule has 4 nitrogen and oxygen atoms in total. The van der Waals surface area contributed by atoms with E-state index < -0.39 is 0 Å². The largest absolute Gasteiger partial charge is 0.494 e. The van der Waals surface area contributed by atoms with Gasteiger partial charge in [-0.25, -0.2) is 0 Å². The summed E-state index contributed by atoms with van der Waals surface area (Å²) in [6.07, 6.45) is 1.07. The van der Waals surface area contributed by atoms with E-state index in [2.05, 4.69) is 31.0 Å². The van der Waals surface area contributed by atoms with Gasteiger partial charge < -0.3 is 15.2 Å². The lowest BCUT2D eigenvalue weighted by Crippen LogP contribution is -2.46. The molecule has 1 heterocycles. The Kier molecular flexibility index (Phi) is 5.19. The predicted octanol–water partition coefficient (Wildman–Crippen LogP) is 1.81. The maximum Gasteiger partial charge on any atom is 0.119 e. The van der Waals surface area contributed by atoms with Gasteiger partial charge in [0.2, 0.25) is 0 Å². The Hall–Kier alpha value is -1.10. The first-order chi connectivity index (χ1) is 9.26. The smallest absolute Gasteiger partial charge is 0.119 e. The number of ether oxygens (including phenoxy) is 2. The summed E-state index contributed by atoms with van der Waals surface area (Å²) in [7, 11) is 2.12. The number of hydrogen-bond acceptors (Lipinski definition) is 4. The van der Waals surface area contributed by atoms with Gasteiger partial charge in [0, 0.05) is 13.1 Å². The van der Waals surface area contributed by atoms with Crippen LogP contribution in [0.15, 0.2) is 24.3 Å². The Morgan fingerprint density at radius 2 is 2.32 bits per heavy atom. The molecule has 0 bridgehead atoms. The number of benzene rings is 1. The number of rotatable bonds is 5. The van der Waals surface area contributed by atoms with Gasteiger partial charge in [-0.05, 0) is 31.2 Å². The van der Waals surface area contributed by atoms with E-state index in [0.717, 1.165) is 31.9 Å². The highest BCUT2D eigenvalue weighted by molar-refractivity contribution is 5.31. The first kappa shape index (κ1) is 14.3. The fraction of sp³-hybridized carbons (Fsp3) is 0.600. The molecule has 0 aromatic heterocycles. The van der Waals surface area contributed by atoms with Crippen LogP contribution in [0.1, 0.15) is 24.9 Å². The summed E-state index contributed by atoms with van der Waals surface area (Å²) in [5.74, 6) is 0.925. The summed E-state index contributed by atoms with van der Waals surface area (Å²) in [4.78, 5) is 2.31. The monoisotopic (exact) mass is 264 g/mol. The molecule has 2 rings (SSSR count). The SMILES string of the molecule is CCCOc1cccc(C2C(CN)OCCN2C)c1. The van der Waals surface area contributed by atoms with Gasteiger partial charge >= 0.3 is 0 Å². The van der Waals surface area contributed by atoms with Crippen molar-refractivity contribution >= 4 is 0 Å². The van der Waals surface area contributed by atoms with Crippen molar-refractivity contribution < 1.29 is 9.47 Å². The van der Waals surface area contributed by atoms with Gasteiger partial charge in [-0.1, -0.05) is 19.1 Å². The van der Waals surface area contributed by atoms with Gasteiger partial charge in [-0.2, -0.15) is 0 Å². The van der Waals surface area contributed by atoms with Gasteiger partial charge in [0.25, 0.3) is 0 Å². The molecular formula is C15H24N2O2. The van der Waals surface area contributed by atoms with E-state index in [9.17, 15) is 0 Å². The second kappa shape index (κ2) is 6.89. The standard InChI is InChI=1S/C15H24N2O2/c1-3-8-18-13-6-4-5-12(10-13)15-14(11-16)19-9-7-17(15)2/h4-6,10,14-15H,3,7-9,11,16H2,1-2H3. The Morgan fingerprint density at radius 1 is 1.47 bits per heavy atom. The van der Waals surface area contributed by atoms with Crippen LogP contribution in [0, 0.1) is 0 Å². The molecule has 1 aromatic rings. The van der Waals surface area contributed by atoms with Gasteiger partial charge in [0.15, 0.2) is 0 Å². The molecule has 2 atom stereocenters. The van der Waals surface area contributed by atoms with E-state index in [4.69, 9.17) is 15.2 Å². The number of likely N-dealkylation sites (N-methyl/N-ethyl adjacent to an activating group) is 1. The van der Waals surface area contributed by atoms with Crippen molar-refractivity contribution in [3.8, 4) is 5.75 Å². The Bertz CT molecular complexity index is 397. The molecule has 0 spiro atoms. The number of nitrogens with two attached hydrogens (primary N) is 1. The van der Waals surface area contributed by atoms with E-state index in [1.807, 2.05) is 12.1 Å². The summed E-state index contributed by atoms with van der Waals surface area (Å²) >= 11 is 0. The fourth-order valence-electron chi connectivity index (χ4n) is 2.54. The minimum absolute atomic E-state index is 0.0557. The van der Waals surface area contributed by atoms with E-state index in [-0.39, 0.29) is 12.1 Å². The molecule has 1 aromatic carbocycles. The molecule has 1 saturated heterocycles. The molecule has 0 radical (unpaired) electrons. The Labute approximate surface area is 115 Å². The van der Waals surface area contributed by atoms with E-state index in [1.54, 1.807) is 0 Å². The lowest BCUT2D eigenvalue weighted by Gasteiger charge is -2.39. The van der Waals surface area contributed by atoms with Gasteiger partial charge in [-0.15, -0.1) is 0 Å². The van der Waals surface area contributed by atoms with Crippen LogP contribution in [0.5, 0.6) is 5.75 Å². The van der Waals surface area contributed by atoms with Crippen molar-refractivity contribution in [1.82, 2.24) is 4.90 Å². The van der Waals surface area contributed by atoms with Crippen LogP contribution < -0.4 is 10.5 Å². The van der Waals surface area contributed by atoms with Crippen molar-refractivity contribution in [3.05, 3.63) is 29.8 Å². The zero-order chi connectivity index (χ0) is 13.7. The third-order valence-electron chi connectivity index (χ3n) is 3.51. The molecule has 19 heavy (non-hydrogen) atoms. The second-order valence-electron chi connectivity index (χ2n) is 4.99. The quantitative estimate of drug-likeness (QED) is 0.881. The number of hydrogen-bond donors (Lipinski definition) is 1. The van der Waals surface area contributed by atoms with Crippen molar-refractivity contribution in [2.75, 3.05) is 33.4 Å². The van der Waals surface area contributed by atoms with Crippen LogP contribution in [0.4, 0.5) is 0 Å². The van der Waals surface area contributed by atoms with Gasteiger partial charge in [0.05, 0.1) is 25.4 Å². The highest BCUT2D eigenvalue weighted by atomic mass is 16.5. The molecule has 106 valence electrons. The minimum Gasteiger partial charge on any atom is -0.494 e. The van der Waals surface area contributed by atoms with Crippen molar-refractivity contribution in [3.63, 3.8) is 0 Å². The number of nitrogens with zero attached hydrogens (tertiary/aromatic N) is 1. The Morgan fingerprint density at radius 3 is 3.05 bits per heavy atom. The van der Waals surface area contributed by atoms with Crippen LogP contribution in [0.25, 0.3) is 0 Å². The topological polar surface area (TPSA) is 47.7 Å². The molecule has 1 aliphatic rings. The second-order valence-corrected chi connectivity index (χ2v) is 4.99. The number of morpholine rings is 1. The highest BCUT2D eigenvalue weighted by Gasteiger charge is 2.30. The zero-order valence-electron chi connectivity index (χ0n) is 11.8. The first-order valence-corrected chi connectivity index (χ1v) is 7.01. The average Bonchev–Trinajstić information content (AvgIpc) is 2.45. The lowest BCUT2D eigenvalue weighted by atomic mass is 9.98. The van der Waals surface area contributed by atoms with E-state index in [0.29, 0.717) is 6.54 Å². The van der Waals surface area contributed by atoms with Crippen LogP contribution in [0.3, 0.4) is 0 Å². The molecular weight excluding hydrogens is 240 g/mol. The molecule has 1 fully saturated rings. The lowest BCUT2D eigenvalue weighted by molar-refractivity contribution is -0.0577. The average molecular weight is 264 g/mol. The molecule has 0 aliphatic carbocycles. The van der Waals surface area contributed by atoms with Crippen molar-refractivity contribution in [2.45, 2.75) is 25.5 Å². The molecule has 4 heteroatoms. The molecule has 1 aliphatic heterocycles.